The lowest BCUT2D eigenvalue weighted by Gasteiger charge is -2.28. The van der Waals surface area contributed by atoms with Gasteiger partial charge in [0.25, 0.3) is 0 Å². The molecule has 0 bridgehead atoms. The lowest BCUT2D eigenvalue weighted by Crippen LogP contribution is -2.57. The summed E-state index contributed by atoms with van der Waals surface area (Å²) in [5.74, 6) is -4.47. The summed E-state index contributed by atoms with van der Waals surface area (Å²) in [5, 5.41) is 22.8. The highest BCUT2D eigenvalue weighted by Crippen LogP contribution is 2.19. The van der Waals surface area contributed by atoms with E-state index in [1.54, 1.807) is 13.8 Å². The summed E-state index contributed by atoms with van der Waals surface area (Å²) in [6, 6.07) is -4.09. The van der Waals surface area contributed by atoms with Gasteiger partial charge in [-0.25, -0.2) is 4.79 Å². The second-order valence-corrected chi connectivity index (χ2v) is 7.91. The van der Waals surface area contributed by atoms with E-state index in [4.69, 9.17) is 10.8 Å². The zero-order valence-corrected chi connectivity index (χ0v) is 17.9. The minimum Gasteiger partial charge on any atom is -0.481 e. The maximum atomic E-state index is 12.7. The van der Waals surface area contributed by atoms with Crippen molar-refractivity contribution in [2.24, 2.45) is 11.7 Å². The smallest absolute Gasteiger partial charge is 0.326 e. The molecule has 170 valence electrons. The first-order chi connectivity index (χ1) is 14.0. The van der Waals surface area contributed by atoms with E-state index in [1.165, 1.54) is 4.90 Å². The van der Waals surface area contributed by atoms with Crippen LogP contribution in [-0.4, -0.2) is 81.2 Å². The van der Waals surface area contributed by atoms with Crippen LogP contribution >= 0.6 is 12.6 Å². The number of carbonyl (C=O) groups is 5. The largest absolute Gasteiger partial charge is 0.481 e. The Balaban J connectivity index is 2.77. The molecule has 1 rings (SSSR count). The Morgan fingerprint density at radius 2 is 1.80 bits per heavy atom. The molecule has 11 nitrogen and oxygen atoms in total. The van der Waals surface area contributed by atoms with Gasteiger partial charge in [-0.05, 0) is 25.2 Å². The highest BCUT2D eigenvalue weighted by atomic mass is 32.1. The van der Waals surface area contributed by atoms with Crippen LogP contribution in [0.3, 0.4) is 0 Å². The van der Waals surface area contributed by atoms with Crippen LogP contribution in [0, 0.1) is 5.92 Å². The van der Waals surface area contributed by atoms with E-state index in [0.717, 1.165) is 0 Å². The van der Waals surface area contributed by atoms with Crippen LogP contribution in [0.1, 0.15) is 39.5 Å². The van der Waals surface area contributed by atoms with Crippen LogP contribution in [0.4, 0.5) is 0 Å². The van der Waals surface area contributed by atoms with Gasteiger partial charge in [-0.3, -0.25) is 19.2 Å². The minimum absolute atomic E-state index is 0.0492. The maximum Gasteiger partial charge on any atom is 0.326 e. The van der Waals surface area contributed by atoms with E-state index in [9.17, 15) is 29.1 Å². The molecule has 0 aromatic heterocycles. The van der Waals surface area contributed by atoms with Crippen molar-refractivity contribution >= 4 is 42.3 Å². The number of nitrogens with one attached hydrogen (secondary N) is 2. The molecule has 0 aromatic carbocycles. The summed E-state index contributed by atoms with van der Waals surface area (Å²) in [5.41, 5.74) is 5.78. The van der Waals surface area contributed by atoms with Gasteiger partial charge >= 0.3 is 11.9 Å². The van der Waals surface area contributed by atoms with Crippen LogP contribution in [0.5, 0.6) is 0 Å². The van der Waals surface area contributed by atoms with Gasteiger partial charge in [-0.1, -0.05) is 13.8 Å². The Hall–Kier alpha value is -2.34. The van der Waals surface area contributed by atoms with Crippen molar-refractivity contribution < 1.29 is 34.2 Å². The average molecular weight is 447 g/mol. The molecule has 4 unspecified atom stereocenters. The van der Waals surface area contributed by atoms with Crippen molar-refractivity contribution in [3.05, 3.63) is 0 Å². The van der Waals surface area contributed by atoms with E-state index in [2.05, 4.69) is 23.3 Å². The Morgan fingerprint density at radius 3 is 2.30 bits per heavy atom. The number of thiol groups is 1. The maximum absolute atomic E-state index is 12.7. The van der Waals surface area contributed by atoms with Gasteiger partial charge in [0, 0.05) is 18.7 Å². The third kappa shape index (κ3) is 7.17. The fourth-order valence-electron chi connectivity index (χ4n) is 3.15. The van der Waals surface area contributed by atoms with Crippen LogP contribution in [-0.2, 0) is 24.0 Å². The molecule has 1 saturated heterocycles. The Kier molecular flexibility index (Phi) is 10.1. The molecule has 1 fully saturated rings. The van der Waals surface area contributed by atoms with Gasteiger partial charge in [-0.2, -0.15) is 12.6 Å². The fraction of sp³-hybridized carbons (Fsp3) is 0.722. The number of carbonyl (C=O) groups excluding carboxylic acids is 3. The fourth-order valence-corrected chi connectivity index (χ4v) is 3.41. The van der Waals surface area contributed by atoms with Gasteiger partial charge in [-0.15, -0.1) is 0 Å². The van der Waals surface area contributed by atoms with Gasteiger partial charge in [0.2, 0.25) is 17.7 Å². The topological polar surface area (TPSA) is 179 Å². The SMILES string of the molecule is CC(C)C(NC(=O)C(CS)NC(=O)C1CCCN1C(=O)C(N)CCC(=O)O)C(=O)O. The highest BCUT2D eigenvalue weighted by Gasteiger charge is 2.37. The number of carboxylic acids is 2. The quantitative estimate of drug-likeness (QED) is 0.214. The van der Waals surface area contributed by atoms with Crippen molar-refractivity contribution in [3.8, 4) is 0 Å². The summed E-state index contributed by atoms with van der Waals surface area (Å²) >= 11 is 4.06. The number of aliphatic carboxylic acids is 2. The Bertz CT molecular complexity index is 673. The number of rotatable bonds is 11. The molecule has 3 amide bonds. The molecule has 0 saturated carbocycles. The number of hydrogen-bond donors (Lipinski definition) is 6. The zero-order chi connectivity index (χ0) is 23.0. The third-order valence-corrected chi connectivity index (χ3v) is 5.24. The first kappa shape index (κ1) is 25.7. The van der Waals surface area contributed by atoms with Crippen molar-refractivity contribution in [3.63, 3.8) is 0 Å². The monoisotopic (exact) mass is 446 g/mol. The molecule has 6 N–H and O–H groups in total. The normalized spacial score (nSPS) is 19.1. The molecular formula is C18H30N4O7S. The third-order valence-electron chi connectivity index (χ3n) is 4.87. The predicted octanol–water partition coefficient (Wildman–Crippen LogP) is -1.19. The van der Waals surface area contributed by atoms with Crippen molar-refractivity contribution in [1.29, 1.82) is 0 Å². The summed E-state index contributed by atoms with van der Waals surface area (Å²) in [6.07, 6.45) is 0.613. The molecule has 0 aliphatic carbocycles. The predicted molar refractivity (Wildman–Crippen MR) is 110 cm³/mol. The average Bonchev–Trinajstić information content (AvgIpc) is 3.16. The van der Waals surface area contributed by atoms with Crippen molar-refractivity contribution in [1.82, 2.24) is 15.5 Å². The van der Waals surface area contributed by atoms with Gasteiger partial charge in [0.05, 0.1) is 6.04 Å². The van der Waals surface area contributed by atoms with Crippen LogP contribution in [0.15, 0.2) is 0 Å². The Morgan fingerprint density at radius 1 is 1.17 bits per heavy atom. The van der Waals surface area contributed by atoms with Gasteiger partial charge in [0.15, 0.2) is 0 Å². The number of likely N-dealkylation sites (tertiary alicyclic amines) is 1. The molecule has 4 atom stereocenters. The van der Waals surface area contributed by atoms with Crippen molar-refractivity contribution in [2.75, 3.05) is 12.3 Å². The molecule has 1 heterocycles. The minimum atomic E-state index is -1.19. The molecule has 1 aliphatic heterocycles. The van der Waals surface area contributed by atoms with Crippen molar-refractivity contribution in [2.45, 2.75) is 63.7 Å². The number of nitrogens with two attached hydrogens (primary N) is 1. The van der Waals surface area contributed by atoms with E-state index in [1.807, 2.05) is 0 Å². The Labute approximate surface area is 180 Å². The highest BCUT2D eigenvalue weighted by molar-refractivity contribution is 7.80. The molecular weight excluding hydrogens is 416 g/mol. The first-order valence-electron chi connectivity index (χ1n) is 9.71. The first-order valence-corrected chi connectivity index (χ1v) is 10.3. The molecule has 0 radical (unpaired) electrons. The lowest BCUT2D eigenvalue weighted by molar-refractivity contribution is -0.144. The van der Waals surface area contributed by atoms with Crippen LogP contribution in [0.2, 0.25) is 0 Å². The molecule has 0 spiro atoms. The number of nitrogens with zero attached hydrogens (tertiary/aromatic N) is 1. The number of carboxylic acid groups (broad SMARTS) is 2. The molecule has 12 heteroatoms. The summed E-state index contributed by atoms with van der Waals surface area (Å²) in [6.45, 7) is 3.58. The molecule has 30 heavy (non-hydrogen) atoms. The van der Waals surface area contributed by atoms with E-state index in [0.29, 0.717) is 19.4 Å². The van der Waals surface area contributed by atoms with Gasteiger partial charge in [0.1, 0.15) is 18.1 Å². The zero-order valence-electron chi connectivity index (χ0n) is 17.0. The van der Waals surface area contributed by atoms with Gasteiger partial charge < -0.3 is 31.5 Å². The number of amides is 3. The summed E-state index contributed by atoms with van der Waals surface area (Å²) in [7, 11) is 0. The second kappa shape index (κ2) is 11.7. The lowest BCUT2D eigenvalue weighted by atomic mass is 10.0. The van der Waals surface area contributed by atoms with Crippen LogP contribution < -0.4 is 16.4 Å². The summed E-state index contributed by atoms with van der Waals surface area (Å²) in [4.78, 5) is 60.9. The number of hydrogen-bond acceptors (Lipinski definition) is 7. The molecule has 1 aliphatic rings. The van der Waals surface area contributed by atoms with Crippen LogP contribution in [0.25, 0.3) is 0 Å². The molecule has 0 aromatic rings. The standard InChI is InChI=1S/C18H30N4O7S/c1-9(2)14(18(28)29)21-15(25)11(8-30)20-16(26)12-4-3-7-22(12)17(27)10(19)5-6-13(23)24/h9-12,14,30H,3-8,19H2,1-2H3,(H,20,26)(H,21,25)(H,23,24)(H,28,29). The van der Waals surface area contributed by atoms with E-state index < -0.39 is 53.8 Å². The summed E-state index contributed by atoms with van der Waals surface area (Å²) < 4.78 is 0. The van der Waals surface area contributed by atoms with E-state index >= 15 is 0 Å². The van der Waals surface area contributed by atoms with E-state index in [-0.39, 0.29) is 24.5 Å². The second-order valence-electron chi connectivity index (χ2n) is 7.54.